The van der Waals surface area contributed by atoms with Gasteiger partial charge in [0.1, 0.15) is 5.75 Å². The molecule has 7 heteroatoms. The van der Waals surface area contributed by atoms with E-state index in [-0.39, 0.29) is 11.7 Å². The van der Waals surface area contributed by atoms with Crippen LogP contribution < -0.4 is 10.1 Å². The maximum atomic E-state index is 12.3. The molecule has 1 aromatic heterocycles. The molecule has 3 aromatic rings. The highest BCUT2D eigenvalue weighted by molar-refractivity contribution is 6.04. The summed E-state index contributed by atoms with van der Waals surface area (Å²) in [5.41, 5.74) is 3.13. The van der Waals surface area contributed by atoms with Crippen LogP contribution >= 0.6 is 0 Å². The maximum Gasteiger partial charge on any atom is 0.387 e. The number of alkyl halides is 2. The fourth-order valence-corrected chi connectivity index (χ4v) is 2.54. The van der Waals surface area contributed by atoms with Crippen LogP contribution in [0.25, 0.3) is 10.9 Å². The van der Waals surface area contributed by atoms with E-state index in [2.05, 4.69) is 20.3 Å². The van der Waals surface area contributed by atoms with Gasteiger partial charge < -0.3 is 10.1 Å². The van der Waals surface area contributed by atoms with Crippen molar-refractivity contribution in [1.82, 2.24) is 15.5 Å². The lowest BCUT2D eigenvalue weighted by atomic mass is 10.1. The van der Waals surface area contributed by atoms with Crippen LogP contribution in [-0.4, -0.2) is 29.3 Å². The summed E-state index contributed by atoms with van der Waals surface area (Å²) >= 11 is 0. The third-order valence-electron chi connectivity index (χ3n) is 3.78. The molecule has 0 bridgehead atoms. The minimum absolute atomic E-state index is 0.112. The number of hydrogen-bond donors (Lipinski definition) is 2. The summed E-state index contributed by atoms with van der Waals surface area (Å²) in [6.07, 6.45) is 0.572. The van der Waals surface area contributed by atoms with Crippen molar-refractivity contribution in [2.45, 2.75) is 20.0 Å². The molecule has 0 aliphatic heterocycles. The maximum absolute atomic E-state index is 12.3. The molecule has 25 heavy (non-hydrogen) atoms. The Labute approximate surface area is 143 Å². The van der Waals surface area contributed by atoms with Gasteiger partial charge in [0, 0.05) is 11.9 Å². The van der Waals surface area contributed by atoms with E-state index >= 15 is 0 Å². The van der Waals surface area contributed by atoms with Gasteiger partial charge >= 0.3 is 6.61 Å². The van der Waals surface area contributed by atoms with E-state index in [1.807, 2.05) is 25.1 Å². The number of aryl methyl sites for hydroxylation is 1. The van der Waals surface area contributed by atoms with E-state index in [1.165, 1.54) is 12.1 Å². The number of aromatic amines is 1. The summed E-state index contributed by atoms with van der Waals surface area (Å²) in [7, 11) is 0. The summed E-state index contributed by atoms with van der Waals surface area (Å²) in [5, 5.41) is 10.5. The van der Waals surface area contributed by atoms with Gasteiger partial charge in [0.15, 0.2) is 5.69 Å². The number of hydrogen-bond acceptors (Lipinski definition) is 3. The second kappa shape index (κ2) is 7.29. The topological polar surface area (TPSA) is 67.0 Å². The van der Waals surface area contributed by atoms with E-state index in [4.69, 9.17) is 0 Å². The molecular weight excluding hydrogens is 328 g/mol. The Morgan fingerprint density at radius 3 is 2.72 bits per heavy atom. The number of halogens is 2. The van der Waals surface area contributed by atoms with Gasteiger partial charge in [0.05, 0.1) is 5.52 Å². The monoisotopic (exact) mass is 345 g/mol. The van der Waals surface area contributed by atoms with Crippen molar-refractivity contribution in [3.05, 3.63) is 59.3 Å². The molecule has 0 saturated carbocycles. The Balaban J connectivity index is 1.58. The van der Waals surface area contributed by atoms with Crippen molar-refractivity contribution in [2.24, 2.45) is 0 Å². The fraction of sp³-hybridized carbons (Fsp3) is 0.222. The number of nitrogens with zero attached hydrogens (tertiary/aromatic N) is 1. The van der Waals surface area contributed by atoms with Gasteiger partial charge in [-0.25, -0.2) is 0 Å². The SMILES string of the molecule is Cc1ccc2[nH]nc(C(=O)NCCc3ccc(OC(F)F)cc3)c2c1. The number of carbonyl (C=O) groups excluding carboxylic acids is 1. The molecule has 5 nitrogen and oxygen atoms in total. The van der Waals surface area contributed by atoms with Gasteiger partial charge in [0.25, 0.3) is 5.91 Å². The lowest BCUT2D eigenvalue weighted by Gasteiger charge is -2.07. The van der Waals surface area contributed by atoms with Crippen LogP contribution in [0, 0.1) is 6.92 Å². The van der Waals surface area contributed by atoms with Crippen LogP contribution in [0.2, 0.25) is 0 Å². The molecule has 2 N–H and O–H groups in total. The molecule has 1 heterocycles. The molecule has 0 unspecified atom stereocenters. The summed E-state index contributed by atoms with van der Waals surface area (Å²) in [6, 6.07) is 12.1. The summed E-state index contributed by atoms with van der Waals surface area (Å²) < 4.78 is 28.5. The number of carbonyl (C=O) groups is 1. The average molecular weight is 345 g/mol. The zero-order valence-corrected chi connectivity index (χ0v) is 13.6. The Morgan fingerprint density at radius 2 is 2.00 bits per heavy atom. The molecule has 0 saturated heterocycles. The first-order valence-electron chi connectivity index (χ1n) is 7.79. The largest absolute Gasteiger partial charge is 0.435 e. The van der Waals surface area contributed by atoms with Gasteiger partial charge in [-0.1, -0.05) is 23.8 Å². The molecule has 130 valence electrons. The van der Waals surface area contributed by atoms with Gasteiger partial charge in [-0.2, -0.15) is 13.9 Å². The number of H-pyrrole nitrogens is 1. The zero-order valence-electron chi connectivity index (χ0n) is 13.6. The third-order valence-corrected chi connectivity index (χ3v) is 3.78. The number of rotatable bonds is 6. The van der Waals surface area contributed by atoms with Crippen LogP contribution in [0.15, 0.2) is 42.5 Å². The Bertz CT molecular complexity index is 876. The van der Waals surface area contributed by atoms with E-state index in [0.717, 1.165) is 22.0 Å². The van der Waals surface area contributed by atoms with Crippen molar-refractivity contribution in [3.63, 3.8) is 0 Å². The minimum atomic E-state index is -2.84. The molecule has 0 atom stereocenters. The number of benzene rings is 2. The molecule has 0 radical (unpaired) electrons. The van der Waals surface area contributed by atoms with Crippen molar-refractivity contribution in [2.75, 3.05) is 6.54 Å². The van der Waals surface area contributed by atoms with Gasteiger partial charge in [-0.3, -0.25) is 9.89 Å². The highest BCUT2D eigenvalue weighted by atomic mass is 19.3. The van der Waals surface area contributed by atoms with Gasteiger partial charge in [-0.15, -0.1) is 0 Å². The van der Waals surface area contributed by atoms with Crippen molar-refractivity contribution >= 4 is 16.8 Å². The predicted molar refractivity (Wildman–Crippen MR) is 89.9 cm³/mol. The quantitative estimate of drug-likeness (QED) is 0.719. The first-order chi connectivity index (χ1) is 12.0. The second-order valence-corrected chi connectivity index (χ2v) is 5.65. The van der Waals surface area contributed by atoms with Crippen LogP contribution in [0.3, 0.4) is 0 Å². The van der Waals surface area contributed by atoms with Crippen molar-refractivity contribution in [3.8, 4) is 5.75 Å². The molecule has 1 amide bonds. The average Bonchev–Trinajstić information content (AvgIpc) is 2.99. The standard InChI is InChI=1S/C18H17F2N3O2/c1-11-2-7-15-14(10-11)16(23-22-15)17(24)21-9-8-12-3-5-13(6-4-12)25-18(19)20/h2-7,10,18H,8-9H2,1H3,(H,21,24)(H,22,23). The van der Waals surface area contributed by atoms with Crippen LogP contribution in [0.1, 0.15) is 21.6 Å². The first-order valence-corrected chi connectivity index (χ1v) is 7.79. The predicted octanol–water partition coefficient (Wildman–Crippen LogP) is 3.45. The van der Waals surface area contributed by atoms with E-state index < -0.39 is 6.61 Å². The highest BCUT2D eigenvalue weighted by Crippen LogP contribution is 2.18. The summed E-state index contributed by atoms with van der Waals surface area (Å²) in [4.78, 5) is 12.3. The third kappa shape index (κ3) is 4.12. The molecule has 3 rings (SSSR count). The number of nitrogens with one attached hydrogen (secondary N) is 2. The van der Waals surface area contributed by atoms with Crippen molar-refractivity contribution in [1.29, 1.82) is 0 Å². The fourth-order valence-electron chi connectivity index (χ4n) is 2.54. The minimum Gasteiger partial charge on any atom is -0.435 e. The Hall–Kier alpha value is -2.96. The molecule has 2 aromatic carbocycles. The number of aromatic nitrogens is 2. The van der Waals surface area contributed by atoms with Crippen molar-refractivity contribution < 1.29 is 18.3 Å². The zero-order chi connectivity index (χ0) is 17.8. The summed E-state index contributed by atoms with van der Waals surface area (Å²) in [5.74, 6) is -0.143. The van der Waals surface area contributed by atoms with Gasteiger partial charge in [-0.05, 0) is 43.2 Å². The van der Waals surface area contributed by atoms with E-state index in [9.17, 15) is 13.6 Å². The Kier molecular flexibility index (Phi) is 4.92. The van der Waals surface area contributed by atoms with Crippen LogP contribution in [0.5, 0.6) is 5.75 Å². The first kappa shape index (κ1) is 16.9. The molecular formula is C18H17F2N3O2. The highest BCUT2D eigenvalue weighted by Gasteiger charge is 2.13. The molecule has 0 aliphatic rings. The molecule has 0 spiro atoms. The Morgan fingerprint density at radius 1 is 1.24 bits per heavy atom. The smallest absolute Gasteiger partial charge is 0.387 e. The number of fused-ring (bicyclic) bond motifs is 1. The second-order valence-electron chi connectivity index (χ2n) is 5.65. The summed E-state index contributed by atoms with van der Waals surface area (Å²) in [6.45, 7) is -0.471. The number of ether oxygens (including phenoxy) is 1. The molecule has 0 aliphatic carbocycles. The molecule has 0 fully saturated rings. The van der Waals surface area contributed by atoms with Crippen LogP contribution in [0.4, 0.5) is 8.78 Å². The number of amides is 1. The lowest BCUT2D eigenvalue weighted by molar-refractivity contribution is -0.0498. The van der Waals surface area contributed by atoms with Gasteiger partial charge in [0.2, 0.25) is 0 Å². The van der Waals surface area contributed by atoms with E-state index in [0.29, 0.717) is 18.7 Å². The normalized spacial score (nSPS) is 11.0. The van der Waals surface area contributed by atoms with E-state index in [1.54, 1.807) is 12.1 Å². The van der Waals surface area contributed by atoms with Crippen LogP contribution in [-0.2, 0) is 6.42 Å². The lowest BCUT2D eigenvalue weighted by Crippen LogP contribution is -2.26.